The quantitative estimate of drug-likeness (QED) is 0.448. The Balaban J connectivity index is 1.58. The van der Waals surface area contributed by atoms with E-state index in [9.17, 15) is 18.0 Å². The van der Waals surface area contributed by atoms with Crippen molar-refractivity contribution < 1.29 is 32.1 Å². The Morgan fingerprint density at radius 1 is 1.11 bits per heavy atom. The number of nitrogens with zero attached hydrogens (tertiary/aromatic N) is 3. The number of rotatable bonds is 5. The molecule has 36 heavy (non-hydrogen) atoms. The number of carbonyl (C=O) groups excluding carboxylic acids is 2. The molecule has 2 amide bonds. The highest BCUT2D eigenvalue weighted by Crippen LogP contribution is 2.36. The van der Waals surface area contributed by atoms with Gasteiger partial charge in [0, 0.05) is 30.9 Å². The zero-order chi connectivity index (χ0) is 27.1. The van der Waals surface area contributed by atoms with E-state index in [-0.39, 0.29) is 37.0 Å². The van der Waals surface area contributed by atoms with Gasteiger partial charge in [-0.2, -0.15) is 0 Å². The van der Waals surface area contributed by atoms with Crippen molar-refractivity contribution in [2.75, 3.05) is 13.1 Å². The molecule has 13 heteroatoms. The minimum atomic E-state index is -3.79. The average molecular weight is 524 g/mol. The molecule has 11 nitrogen and oxygen atoms in total. The summed E-state index contributed by atoms with van der Waals surface area (Å²) in [5.41, 5.74) is -1.20. The van der Waals surface area contributed by atoms with E-state index in [2.05, 4.69) is 15.3 Å². The van der Waals surface area contributed by atoms with Gasteiger partial charge in [0.2, 0.25) is 20.9 Å². The zero-order valence-corrected chi connectivity index (χ0v) is 23.1. The highest BCUT2D eigenvalue weighted by atomic mass is 32.2. The van der Waals surface area contributed by atoms with Crippen molar-refractivity contribution in [2.45, 2.75) is 101 Å². The van der Waals surface area contributed by atoms with Crippen LogP contribution >= 0.6 is 0 Å². The minimum Gasteiger partial charge on any atom is -0.444 e. The van der Waals surface area contributed by atoms with Crippen LogP contribution in [0.25, 0.3) is 0 Å². The van der Waals surface area contributed by atoms with E-state index < -0.39 is 51.1 Å². The van der Waals surface area contributed by atoms with Gasteiger partial charge in [0.05, 0.1) is 16.5 Å². The lowest BCUT2D eigenvalue weighted by atomic mass is 9.81. The van der Waals surface area contributed by atoms with Crippen LogP contribution in [0.1, 0.15) is 68.2 Å². The van der Waals surface area contributed by atoms with Crippen molar-refractivity contribution in [3.63, 3.8) is 0 Å². The Hall–Kier alpha value is -2.25. The highest BCUT2D eigenvalue weighted by Gasteiger charge is 2.52. The number of amides is 2. The van der Waals surface area contributed by atoms with Crippen molar-refractivity contribution in [1.82, 2.24) is 20.2 Å². The molecule has 0 spiro atoms. The summed E-state index contributed by atoms with van der Waals surface area (Å²) in [4.78, 5) is 34.5. The maximum absolute atomic E-state index is 13.2. The van der Waals surface area contributed by atoms with Gasteiger partial charge in [0.1, 0.15) is 11.6 Å². The Morgan fingerprint density at radius 3 is 2.08 bits per heavy atom. The van der Waals surface area contributed by atoms with E-state index in [0.29, 0.717) is 5.46 Å². The number of carbonyl (C=O) groups is 2. The summed E-state index contributed by atoms with van der Waals surface area (Å²) in [6, 6.07) is -0.793. The summed E-state index contributed by atoms with van der Waals surface area (Å²) < 4.78 is 43.4. The first kappa shape index (κ1) is 28.3. The number of ether oxygens (including phenoxy) is 1. The van der Waals surface area contributed by atoms with Gasteiger partial charge >= 0.3 is 13.2 Å². The van der Waals surface area contributed by atoms with E-state index in [4.69, 9.17) is 14.0 Å². The Morgan fingerprint density at radius 2 is 1.61 bits per heavy atom. The zero-order valence-electron chi connectivity index (χ0n) is 22.3. The van der Waals surface area contributed by atoms with E-state index in [1.165, 1.54) is 12.4 Å². The molecule has 3 heterocycles. The molecule has 1 atom stereocenters. The highest BCUT2D eigenvalue weighted by molar-refractivity contribution is 7.91. The molecule has 3 rings (SSSR count). The van der Waals surface area contributed by atoms with Crippen molar-refractivity contribution in [2.24, 2.45) is 0 Å². The Labute approximate surface area is 213 Å². The number of piperidine rings is 1. The maximum atomic E-state index is 13.2. The molecule has 0 aliphatic carbocycles. The van der Waals surface area contributed by atoms with Gasteiger partial charge in [0.25, 0.3) is 0 Å². The fourth-order valence-corrected chi connectivity index (χ4v) is 5.46. The standard InChI is InChI=1S/C23H37BN4O7S/c1-15(27-20(30)33-21(2,3)4)18(29)28-11-9-17(10-12-28)36(31,32)19-25-13-16(14-26-19)24-34-22(5,6)23(7,8)35-24/h13-15,17H,9-12H2,1-8H3,(H,27,30). The Kier molecular flexibility index (Phi) is 7.79. The number of hydrogen-bond donors (Lipinski definition) is 1. The summed E-state index contributed by atoms with van der Waals surface area (Å²) >= 11 is 0. The topological polar surface area (TPSA) is 137 Å². The lowest BCUT2D eigenvalue weighted by molar-refractivity contribution is -0.133. The smallest absolute Gasteiger partial charge is 0.444 e. The average Bonchev–Trinajstić information content (AvgIpc) is 2.99. The maximum Gasteiger partial charge on any atom is 0.498 e. The molecule has 1 aromatic heterocycles. The number of hydrogen-bond acceptors (Lipinski definition) is 9. The first-order valence-electron chi connectivity index (χ1n) is 12.1. The molecule has 1 aromatic rings. The minimum absolute atomic E-state index is 0.245. The molecule has 1 unspecified atom stereocenters. The molecular formula is C23H37BN4O7S. The monoisotopic (exact) mass is 524 g/mol. The van der Waals surface area contributed by atoms with Crippen LogP contribution in [0.3, 0.4) is 0 Å². The van der Waals surface area contributed by atoms with E-state index >= 15 is 0 Å². The molecule has 2 fully saturated rings. The summed E-state index contributed by atoms with van der Waals surface area (Å²) in [5, 5.41) is 1.56. The van der Waals surface area contributed by atoms with Gasteiger partial charge in [-0.05, 0) is 68.2 Å². The van der Waals surface area contributed by atoms with Crippen molar-refractivity contribution >= 4 is 34.4 Å². The molecule has 200 valence electrons. The third-order valence-electron chi connectivity index (χ3n) is 6.72. The van der Waals surface area contributed by atoms with Crippen LogP contribution in [0.4, 0.5) is 4.79 Å². The van der Waals surface area contributed by atoms with Crippen LogP contribution in [0.15, 0.2) is 17.6 Å². The predicted octanol–water partition coefficient (Wildman–Crippen LogP) is 1.45. The lowest BCUT2D eigenvalue weighted by Gasteiger charge is -2.33. The van der Waals surface area contributed by atoms with E-state index in [1.54, 1.807) is 32.6 Å². The van der Waals surface area contributed by atoms with Crippen LogP contribution in [-0.2, 0) is 28.7 Å². The summed E-state index contributed by atoms with van der Waals surface area (Å²) in [5.74, 6) is -0.292. The normalized spacial score (nSPS) is 21.2. The second kappa shape index (κ2) is 9.90. The summed E-state index contributed by atoms with van der Waals surface area (Å²) in [6.45, 7) is 15.0. The lowest BCUT2D eigenvalue weighted by Crippen LogP contribution is -2.51. The van der Waals surface area contributed by atoms with Crippen LogP contribution in [0, 0.1) is 0 Å². The van der Waals surface area contributed by atoms with Gasteiger partial charge in [-0.1, -0.05) is 0 Å². The predicted molar refractivity (Wildman–Crippen MR) is 133 cm³/mol. The molecule has 0 bridgehead atoms. The third-order valence-corrected chi connectivity index (χ3v) is 8.79. The number of alkyl carbamates (subject to hydrolysis) is 1. The molecule has 0 radical (unpaired) electrons. The van der Waals surface area contributed by atoms with Crippen LogP contribution in [0.5, 0.6) is 0 Å². The van der Waals surface area contributed by atoms with Crippen molar-refractivity contribution in [1.29, 1.82) is 0 Å². The molecule has 2 saturated heterocycles. The Bertz CT molecular complexity index is 1060. The largest absolute Gasteiger partial charge is 0.498 e. The molecule has 0 aromatic carbocycles. The fourth-order valence-electron chi connectivity index (χ4n) is 3.93. The number of nitrogens with one attached hydrogen (secondary N) is 1. The second-order valence-electron chi connectivity index (χ2n) is 11.3. The fraction of sp³-hybridized carbons (Fsp3) is 0.739. The van der Waals surface area contributed by atoms with Gasteiger partial charge in [0.15, 0.2) is 0 Å². The number of sulfone groups is 1. The molecule has 2 aliphatic heterocycles. The second-order valence-corrected chi connectivity index (χ2v) is 13.4. The van der Waals surface area contributed by atoms with Gasteiger partial charge in [-0.25, -0.2) is 23.2 Å². The van der Waals surface area contributed by atoms with E-state index in [0.717, 1.165) is 0 Å². The summed E-state index contributed by atoms with van der Waals surface area (Å²) in [6.07, 6.45) is 2.66. The van der Waals surface area contributed by atoms with Gasteiger partial charge in [-0.15, -0.1) is 0 Å². The SMILES string of the molecule is CC(NC(=O)OC(C)(C)C)C(=O)N1CCC(S(=O)(=O)c2ncc(B3OC(C)(C)C(C)(C)O3)cn2)CC1. The first-order chi connectivity index (χ1) is 16.4. The third kappa shape index (κ3) is 6.17. The number of aromatic nitrogens is 2. The molecule has 2 aliphatic rings. The van der Waals surface area contributed by atoms with Crippen LogP contribution in [-0.4, -0.2) is 83.6 Å². The van der Waals surface area contributed by atoms with Crippen molar-refractivity contribution in [3.8, 4) is 0 Å². The molecule has 1 N–H and O–H groups in total. The van der Waals surface area contributed by atoms with Gasteiger partial charge < -0.3 is 24.3 Å². The van der Waals surface area contributed by atoms with Crippen LogP contribution in [0.2, 0.25) is 0 Å². The van der Waals surface area contributed by atoms with Crippen molar-refractivity contribution in [3.05, 3.63) is 12.4 Å². The summed E-state index contributed by atoms with van der Waals surface area (Å²) in [7, 11) is -4.47. The van der Waals surface area contributed by atoms with E-state index in [1.807, 2.05) is 27.7 Å². The molecular weight excluding hydrogens is 487 g/mol. The number of likely N-dealkylation sites (tertiary alicyclic amines) is 1. The van der Waals surface area contributed by atoms with Gasteiger partial charge in [-0.3, -0.25) is 4.79 Å². The first-order valence-corrected chi connectivity index (χ1v) is 13.7. The van der Waals surface area contributed by atoms with Crippen LogP contribution < -0.4 is 10.8 Å². The molecule has 0 saturated carbocycles.